The Hall–Kier alpha value is -0.0800. The Kier molecular flexibility index (Phi) is 6.19. The van der Waals surface area contributed by atoms with Gasteiger partial charge < -0.3 is 10.8 Å². The molecule has 168 valence electrons. The fourth-order valence-electron chi connectivity index (χ4n) is 9.41. The van der Waals surface area contributed by atoms with Crippen LogP contribution in [-0.4, -0.2) is 17.3 Å². The van der Waals surface area contributed by atoms with Crippen LogP contribution in [0.1, 0.15) is 105 Å². The molecule has 3 N–H and O–H groups in total. The number of hydrogen-bond acceptors (Lipinski definition) is 2. The second-order valence-corrected chi connectivity index (χ2v) is 12.8. The lowest BCUT2D eigenvalue weighted by atomic mass is 9.43. The molecule has 0 saturated heterocycles. The molecule has 0 radical (unpaired) electrons. The van der Waals surface area contributed by atoms with E-state index >= 15 is 0 Å². The van der Waals surface area contributed by atoms with Gasteiger partial charge in [-0.15, -0.1) is 0 Å². The maximum absolute atomic E-state index is 10.3. The van der Waals surface area contributed by atoms with Crippen molar-refractivity contribution in [2.75, 3.05) is 0 Å². The predicted octanol–water partition coefficient (Wildman–Crippen LogP) is 6.41. The molecule has 4 rings (SSSR count). The van der Waals surface area contributed by atoms with Crippen LogP contribution in [0.25, 0.3) is 0 Å². The molecule has 0 aliphatic heterocycles. The van der Waals surface area contributed by atoms with E-state index in [-0.39, 0.29) is 6.10 Å². The molecule has 4 aliphatic carbocycles. The van der Waals surface area contributed by atoms with Crippen molar-refractivity contribution in [2.24, 2.45) is 58.0 Å². The van der Waals surface area contributed by atoms with Gasteiger partial charge >= 0.3 is 0 Å². The monoisotopic (exact) mass is 403 g/mol. The minimum Gasteiger partial charge on any atom is -0.393 e. The van der Waals surface area contributed by atoms with Crippen molar-refractivity contribution >= 4 is 0 Å². The van der Waals surface area contributed by atoms with Gasteiger partial charge in [0.2, 0.25) is 0 Å². The number of nitrogens with two attached hydrogens (primary N) is 1. The Morgan fingerprint density at radius 2 is 1.55 bits per heavy atom. The zero-order valence-electron chi connectivity index (χ0n) is 20.0. The van der Waals surface area contributed by atoms with Crippen LogP contribution in [0, 0.1) is 52.3 Å². The molecule has 2 heteroatoms. The van der Waals surface area contributed by atoms with Crippen LogP contribution in [0.15, 0.2) is 0 Å². The Morgan fingerprint density at radius 3 is 2.28 bits per heavy atom. The largest absolute Gasteiger partial charge is 0.393 e. The van der Waals surface area contributed by atoms with Crippen LogP contribution in [-0.2, 0) is 0 Å². The van der Waals surface area contributed by atoms with E-state index in [1.165, 1.54) is 57.8 Å². The summed E-state index contributed by atoms with van der Waals surface area (Å²) in [6, 6.07) is 0.307. The third kappa shape index (κ3) is 3.73. The molecule has 0 aromatic heterocycles. The summed E-state index contributed by atoms with van der Waals surface area (Å²) >= 11 is 0. The lowest BCUT2D eigenvalue weighted by molar-refractivity contribution is -0.136. The fourth-order valence-corrected chi connectivity index (χ4v) is 9.41. The van der Waals surface area contributed by atoms with Crippen molar-refractivity contribution in [1.29, 1.82) is 0 Å². The van der Waals surface area contributed by atoms with Crippen molar-refractivity contribution in [3.8, 4) is 0 Å². The molecule has 0 aromatic rings. The molecule has 2 nitrogen and oxygen atoms in total. The highest BCUT2D eigenvalue weighted by molar-refractivity contribution is 5.12. The van der Waals surface area contributed by atoms with Gasteiger partial charge in [-0.1, -0.05) is 53.9 Å². The van der Waals surface area contributed by atoms with E-state index in [1.54, 1.807) is 0 Å². The zero-order valence-corrected chi connectivity index (χ0v) is 20.0. The van der Waals surface area contributed by atoms with Gasteiger partial charge in [-0.3, -0.25) is 0 Å². The number of aliphatic hydroxyl groups is 1. The van der Waals surface area contributed by atoms with E-state index in [4.69, 9.17) is 5.73 Å². The van der Waals surface area contributed by atoms with Gasteiger partial charge in [0.05, 0.1) is 6.10 Å². The number of rotatable bonds is 5. The highest BCUT2D eigenvalue weighted by Gasteiger charge is 2.61. The molecular formula is C27H49NO. The summed E-state index contributed by atoms with van der Waals surface area (Å²) in [5.74, 6) is 5.79. The van der Waals surface area contributed by atoms with Gasteiger partial charge in [-0.05, 0) is 104 Å². The highest BCUT2D eigenvalue weighted by atomic mass is 16.3. The van der Waals surface area contributed by atoms with Crippen LogP contribution in [0.2, 0.25) is 0 Å². The normalized spacial score (nSPS) is 50.7. The fraction of sp³-hybridized carbons (Fsp3) is 1.00. The van der Waals surface area contributed by atoms with E-state index in [0.717, 1.165) is 48.3 Å². The number of fused-ring (bicyclic) bond motifs is 5. The summed E-state index contributed by atoms with van der Waals surface area (Å²) < 4.78 is 0. The molecule has 0 bridgehead atoms. The average molecular weight is 404 g/mol. The lowest BCUT2D eigenvalue weighted by Gasteiger charge is -2.62. The van der Waals surface area contributed by atoms with Crippen LogP contribution in [0.3, 0.4) is 0 Å². The van der Waals surface area contributed by atoms with Gasteiger partial charge in [0, 0.05) is 6.04 Å². The first-order chi connectivity index (χ1) is 13.7. The number of hydrogen-bond donors (Lipinski definition) is 2. The SMILES string of the molecule is CC(C)CCC[C@@H](C)[C@H]1CCC2C3C[C@H](N)[C@H]4C[C@@H](O)CC[C@]4(C)C3CC[C@@]21C. The van der Waals surface area contributed by atoms with E-state index in [9.17, 15) is 5.11 Å². The first kappa shape index (κ1) is 22.1. The van der Waals surface area contributed by atoms with Crippen molar-refractivity contribution < 1.29 is 5.11 Å². The van der Waals surface area contributed by atoms with Crippen LogP contribution < -0.4 is 5.73 Å². The second-order valence-electron chi connectivity index (χ2n) is 12.8. The molecule has 4 saturated carbocycles. The number of aliphatic hydroxyl groups excluding tert-OH is 1. The highest BCUT2D eigenvalue weighted by Crippen LogP contribution is 2.68. The first-order valence-corrected chi connectivity index (χ1v) is 13.1. The maximum Gasteiger partial charge on any atom is 0.0543 e. The van der Waals surface area contributed by atoms with Crippen molar-refractivity contribution in [1.82, 2.24) is 0 Å². The Bertz CT molecular complexity index is 575. The van der Waals surface area contributed by atoms with Crippen LogP contribution in [0.4, 0.5) is 0 Å². The van der Waals surface area contributed by atoms with Crippen molar-refractivity contribution in [3.63, 3.8) is 0 Å². The van der Waals surface area contributed by atoms with Gasteiger partial charge in [0.25, 0.3) is 0 Å². The Labute approximate surface area is 180 Å². The molecule has 3 unspecified atom stereocenters. The smallest absolute Gasteiger partial charge is 0.0543 e. The minimum absolute atomic E-state index is 0.105. The molecule has 29 heavy (non-hydrogen) atoms. The van der Waals surface area contributed by atoms with E-state index < -0.39 is 0 Å². The third-order valence-corrected chi connectivity index (χ3v) is 10.9. The molecule has 0 amide bonds. The standard InChI is InChI=1S/C27H49NO/c1-17(2)7-6-8-18(3)21-9-10-22-20-16-25(28)24-15-19(29)11-13-27(24,5)23(20)12-14-26(21,22)4/h17-25,29H,6-16,28H2,1-5H3/t18-,19+,20?,21-,22?,23?,24-,25+,26-,27-/m1/s1. The first-order valence-electron chi connectivity index (χ1n) is 13.1. The van der Waals surface area contributed by atoms with E-state index in [0.29, 0.717) is 22.8 Å². The quantitative estimate of drug-likeness (QED) is 0.557. The van der Waals surface area contributed by atoms with Crippen molar-refractivity contribution in [3.05, 3.63) is 0 Å². The lowest BCUT2D eigenvalue weighted by Crippen LogP contribution is -2.60. The third-order valence-electron chi connectivity index (χ3n) is 10.9. The Balaban J connectivity index is 1.50. The summed E-state index contributed by atoms with van der Waals surface area (Å²) in [6.07, 6.45) is 14.3. The summed E-state index contributed by atoms with van der Waals surface area (Å²) in [4.78, 5) is 0. The molecule has 4 fully saturated rings. The van der Waals surface area contributed by atoms with Crippen LogP contribution in [0.5, 0.6) is 0 Å². The molecular weight excluding hydrogens is 354 g/mol. The molecule has 0 heterocycles. The predicted molar refractivity (Wildman–Crippen MR) is 122 cm³/mol. The van der Waals surface area contributed by atoms with Gasteiger partial charge in [0.15, 0.2) is 0 Å². The summed E-state index contributed by atoms with van der Waals surface area (Å²) in [7, 11) is 0. The average Bonchev–Trinajstić information content (AvgIpc) is 3.00. The Morgan fingerprint density at radius 1 is 0.862 bits per heavy atom. The molecule has 0 aromatic carbocycles. The summed E-state index contributed by atoms with van der Waals surface area (Å²) in [5, 5.41) is 10.3. The second kappa shape index (κ2) is 8.12. The van der Waals surface area contributed by atoms with Gasteiger partial charge in [0.1, 0.15) is 0 Å². The molecule has 10 atom stereocenters. The molecule has 0 spiro atoms. The minimum atomic E-state index is -0.105. The topological polar surface area (TPSA) is 46.2 Å². The summed E-state index contributed by atoms with van der Waals surface area (Å²) in [5.41, 5.74) is 7.78. The van der Waals surface area contributed by atoms with Gasteiger partial charge in [-0.2, -0.15) is 0 Å². The summed E-state index contributed by atoms with van der Waals surface area (Å²) in [6.45, 7) is 12.5. The van der Waals surface area contributed by atoms with Gasteiger partial charge in [-0.25, -0.2) is 0 Å². The maximum atomic E-state index is 10.3. The van der Waals surface area contributed by atoms with E-state index in [1.807, 2.05) is 0 Å². The molecule has 4 aliphatic rings. The van der Waals surface area contributed by atoms with Crippen molar-refractivity contribution in [2.45, 2.75) is 117 Å². The van der Waals surface area contributed by atoms with Crippen LogP contribution >= 0.6 is 0 Å². The van der Waals surface area contributed by atoms with E-state index in [2.05, 4.69) is 34.6 Å². The zero-order chi connectivity index (χ0) is 21.0.